The summed E-state index contributed by atoms with van der Waals surface area (Å²) >= 11 is 5.12. The van der Waals surface area contributed by atoms with E-state index in [1.807, 2.05) is 4.90 Å². The van der Waals surface area contributed by atoms with E-state index < -0.39 is 0 Å². The average molecular weight is 284 g/mol. The van der Waals surface area contributed by atoms with Gasteiger partial charge in [0.25, 0.3) is 0 Å². The molecule has 110 valence electrons. The van der Waals surface area contributed by atoms with Crippen LogP contribution in [-0.4, -0.2) is 28.9 Å². The Balaban J connectivity index is 2.23. The van der Waals surface area contributed by atoms with E-state index in [1.165, 1.54) is 25.7 Å². The van der Waals surface area contributed by atoms with Gasteiger partial charge in [-0.2, -0.15) is 0 Å². The molecule has 0 unspecified atom stereocenters. The largest absolute Gasteiger partial charge is 0.393 e. The maximum Gasteiger partial charge on any atom is 0.222 e. The summed E-state index contributed by atoms with van der Waals surface area (Å²) < 4.78 is 0. The maximum absolute atomic E-state index is 12.1. The Bertz CT molecular complexity index is 309. The Morgan fingerprint density at radius 2 is 1.79 bits per heavy atom. The molecular formula is C15H28N2OS. The number of nitrogens with zero attached hydrogens (tertiary/aromatic N) is 1. The fraction of sp³-hybridized carbons (Fsp3) is 0.867. The van der Waals surface area contributed by atoms with Gasteiger partial charge in [-0.1, -0.05) is 51.7 Å². The smallest absolute Gasteiger partial charge is 0.222 e. The normalized spacial score (nSPS) is 18.3. The second-order valence-corrected chi connectivity index (χ2v) is 6.41. The van der Waals surface area contributed by atoms with E-state index in [0.717, 1.165) is 32.4 Å². The van der Waals surface area contributed by atoms with Crippen molar-refractivity contribution in [2.45, 2.75) is 65.2 Å². The van der Waals surface area contributed by atoms with Crippen molar-refractivity contribution in [3.05, 3.63) is 0 Å². The number of amides is 1. The Labute approximate surface area is 122 Å². The molecule has 3 nitrogen and oxygen atoms in total. The first-order chi connectivity index (χ1) is 8.99. The first kappa shape index (κ1) is 16.4. The molecule has 1 aliphatic heterocycles. The summed E-state index contributed by atoms with van der Waals surface area (Å²) in [6.07, 6.45) is 8.51. The lowest BCUT2D eigenvalue weighted by molar-refractivity contribution is -0.133. The van der Waals surface area contributed by atoms with E-state index in [4.69, 9.17) is 18.0 Å². The standard InChI is InChI=1S/C15H28N2OS/c1-3-4-5-6-7-8-13(18)17-11-9-15(2,10-12-17)14(16)19/h3-12H2,1-2H3,(H2,16,19). The quantitative estimate of drug-likeness (QED) is 0.576. The molecule has 0 bridgehead atoms. The molecule has 1 rings (SSSR count). The number of likely N-dealkylation sites (tertiary alicyclic amines) is 1. The molecular weight excluding hydrogens is 256 g/mol. The Hall–Kier alpha value is -0.640. The summed E-state index contributed by atoms with van der Waals surface area (Å²) in [6, 6.07) is 0. The molecule has 0 saturated carbocycles. The third kappa shape index (κ3) is 5.09. The summed E-state index contributed by atoms with van der Waals surface area (Å²) in [4.78, 5) is 14.7. The van der Waals surface area contributed by atoms with E-state index in [2.05, 4.69) is 13.8 Å². The Morgan fingerprint density at radius 3 is 2.32 bits per heavy atom. The number of carbonyl (C=O) groups is 1. The van der Waals surface area contributed by atoms with E-state index in [0.29, 0.717) is 17.3 Å². The van der Waals surface area contributed by atoms with Crippen molar-refractivity contribution < 1.29 is 4.79 Å². The van der Waals surface area contributed by atoms with E-state index in [-0.39, 0.29) is 5.41 Å². The number of nitrogens with two attached hydrogens (primary N) is 1. The minimum atomic E-state index is -0.0484. The van der Waals surface area contributed by atoms with E-state index in [9.17, 15) is 4.79 Å². The van der Waals surface area contributed by atoms with Gasteiger partial charge >= 0.3 is 0 Å². The lowest BCUT2D eigenvalue weighted by Gasteiger charge is -2.38. The van der Waals surface area contributed by atoms with Crippen LogP contribution >= 0.6 is 12.2 Å². The molecule has 0 radical (unpaired) electrons. The minimum Gasteiger partial charge on any atom is -0.393 e. The highest BCUT2D eigenvalue weighted by atomic mass is 32.1. The highest BCUT2D eigenvalue weighted by Gasteiger charge is 2.33. The van der Waals surface area contributed by atoms with Gasteiger partial charge in [-0.15, -0.1) is 0 Å². The lowest BCUT2D eigenvalue weighted by Crippen LogP contribution is -2.46. The van der Waals surface area contributed by atoms with Crippen LogP contribution in [0.3, 0.4) is 0 Å². The fourth-order valence-corrected chi connectivity index (χ4v) is 2.74. The summed E-state index contributed by atoms with van der Waals surface area (Å²) in [5.74, 6) is 0.307. The number of unbranched alkanes of at least 4 members (excludes halogenated alkanes) is 4. The number of rotatable bonds is 7. The highest BCUT2D eigenvalue weighted by molar-refractivity contribution is 7.80. The average Bonchev–Trinajstić information content (AvgIpc) is 2.39. The molecule has 19 heavy (non-hydrogen) atoms. The first-order valence-electron chi connectivity index (χ1n) is 7.57. The van der Waals surface area contributed by atoms with Gasteiger partial charge in [-0.25, -0.2) is 0 Å². The molecule has 0 aromatic carbocycles. The first-order valence-corrected chi connectivity index (χ1v) is 7.98. The van der Waals surface area contributed by atoms with Crippen molar-refractivity contribution in [3.8, 4) is 0 Å². The molecule has 1 saturated heterocycles. The zero-order chi connectivity index (χ0) is 14.3. The second kappa shape index (κ2) is 7.83. The Morgan fingerprint density at radius 1 is 1.21 bits per heavy atom. The van der Waals surface area contributed by atoms with Crippen molar-refractivity contribution in [1.82, 2.24) is 4.90 Å². The van der Waals surface area contributed by atoms with Crippen LogP contribution in [0.1, 0.15) is 65.2 Å². The van der Waals surface area contributed by atoms with Gasteiger partial charge in [0.15, 0.2) is 0 Å². The van der Waals surface area contributed by atoms with Crippen molar-refractivity contribution in [1.29, 1.82) is 0 Å². The van der Waals surface area contributed by atoms with E-state index in [1.54, 1.807) is 0 Å². The number of hydrogen-bond acceptors (Lipinski definition) is 2. The molecule has 1 aliphatic rings. The molecule has 1 fully saturated rings. The topological polar surface area (TPSA) is 46.3 Å². The summed E-state index contributed by atoms with van der Waals surface area (Å²) in [5.41, 5.74) is 5.73. The van der Waals surface area contributed by atoms with Gasteiger partial charge in [0.1, 0.15) is 0 Å². The van der Waals surface area contributed by atoms with Gasteiger partial charge in [0.2, 0.25) is 5.91 Å². The molecule has 0 spiro atoms. The second-order valence-electron chi connectivity index (χ2n) is 5.97. The van der Waals surface area contributed by atoms with Crippen LogP contribution in [0, 0.1) is 5.41 Å². The summed E-state index contributed by atoms with van der Waals surface area (Å²) in [5, 5.41) is 0. The number of thiocarbonyl (C=S) groups is 1. The number of hydrogen-bond donors (Lipinski definition) is 1. The molecule has 1 amide bonds. The van der Waals surface area contributed by atoms with Crippen molar-refractivity contribution in [3.63, 3.8) is 0 Å². The van der Waals surface area contributed by atoms with Gasteiger partial charge < -0.3 is 10.6 Å². The summed E-state index contributed by atoms with van der Waals surface area (Å²) in [7, 11) is 0. The lowest BCUT2D eigenvalue weighted by atomic mass is 9.80. The molecule has 0 aromatic rings. The van der Waals surface area contributed by atoms with Gasteiger partial charge in [0, 0.05) is 24.9 Å². The van der Waals surface area contributed by atoms with Gasteiger partial charge in [0.05, 0.1) is 4.99 Å². The van der Waals surface area contributed by atoms with E-state index >= 15 is 0 Å². The zero-order valence-corrected chi connectivity index (χ0v) is 13.2. The number of piperidine rings is 1. The van der Waals surface area contributed by atoms with Crippen LogP contribution in [0.2, 0.25) is 0 Å². The third-order valence-corrected chi connectivity index (χ3v) is 4.80. The zero-order valence-electron chi connectivity index (χ0n) is 12.4. The van der Waals surface area contributed by atoms with Crippen molar-refractivity contribution in [2.75, 3.05) is 13.1 Å². The molecule has 0 aliphatic carbocycles. The molecule has 1 heterocycles. The SMILES string of the molecule is CCCCCCCC(=O)N1CCC(C)(C(N)=S)CC1. The van der Waals surface area contributed by atoms with Crippen LogP contribution in [0.5, 0.6) is 0 Å². The maximum atomic E-state index is 12.1. The van der Waals surface area contributed by atoms with Crippen LogP contribution in [-0.2, 0) is 4.79 Å². The van der Waals surface area contributed by atoms with Gasteiger partial charge in [-0.3, -0.25) is 4.79 Å². The van der Waals surface area contributed by atoms with Crippen LogP contribution in [0.25, 0.3) is 0 Å². The summed E-state index contributed by atoms with van der Waals surface area (Å²) in [6.45, 7) is 5.93. The van der Waals surface area contributed by atoms with Crippen LogP contribution in [0.15, 0.2) is 0 Å². The van der Waals surface area contributed by atoms with Crippen molar-refractivity contribution >= 4 is 23.1 Å². The predicted molar refractivity (Wildman–Crippen MR) is 84.1 cm³/mol. The predicted octanol–water partition coefficient (Wildman–Crippen LogP) is 3.26. The molecule has 0 atom stereocenters. The minimum absolute atomic E-state index is 0.0484. The van der Waals surface area contributed by atoms with Crippen molar-refractivity contribution in [2.24, 2.45) is 11.1 Å². The molecule has 2 N–H and O–H groups in total. The van der Waals surface area contributed by atoms with Crippen LogP contribution < -0.4 is 5.73 Å². The van der Waals surface area contributed by atoms with Gasteiger partial charge in [-0.05, 0) is 19.3 Å². The number of carbonyl (C=O) groups excluding carboxylic acids is 1. The molecule has 0 aromatic heterocycles. The highest BCUT2D eigenvalue weighted by Crippen LogP contribution is 2.31. The Kier molecular flexibility index (Phi) is 6.76. The fourth-order valence-electron chi connectivity index (χ4n) is 2.53. The monoisotopic (exact) mass is 284 g/mol. The molecule has 4 heteroatoms. The third-order valence-electron chi connectivity index (χ3n) is 4.31. The van der Waals surface area contributed by atoms with Crippen LogP contribution in [0.4, 0.5) is 0 Å².